The number of rotatable bonds is 9. The van der Waals surface area contributed by atoms with E-state index in [-0.39, 0.29) is 11.2 Å². The average molecular weight is 492 g/mol. The number of carboxylic acids is 1. The van der Waals surface area contributed by atoms with E-state index >= 15 is 0 Å². The molecule has 3 N–H and O–H groups in total. The Morgan fingerprint density at radius 2 is 1.97 bits per heavy atom. The van der Waals surface area contributed by atoms with Crippen molar-refractivity contribution in [2.24, 2.45) is 5.41 Å². The van der Waals surface area contributed by atoms with Crippen LogP contribution in [0.2, 0.25) is 0 Å². The zero-order chi connectivity index (χ0) is 24.1. The highest BCUT2D eigenvalue weighted by atomic mass is 32.3. The largest absolute Gasteiger partial charge is 0.478 e. The third-order valence-corrected chi connectivity index (χ3v) is 8.98. The highest BCUT2D eigenvalue weighted by molar-refractivity contribution is 8.24. The number of fused-ring (bicyclic) bond motifs is 1. The van der Waals surface area contributed by atoms with E-state index in [4.69, 9.17) is 9.84 Å². The molecular weight excluding hydrogens is 458 g/mol. The Kier molecular flexibility index (Phi) is 8.39. The summed E-state index contributed by atoms with van der Waals surface area (Å²) in [5, 5.41) is 8.89. The highest BCUT2D eigenvalue weighted by Crippen LogP contribution is 2.62. The predicted octanol–water partition coefficient (Wildman–Crippen LogP) is 7.23. The van der Waals surface area contributed by atoms with Crippen LogP contribution >= 0.6 is 22.4 Å². The third-order valence-electron chi connectivity index (χ3n) is 6.17. The minimum Gasteiger partial charge on any atom is -0.478 e. The van der Waals surface area contributed by atoms with Crippen molar-refractivity contribution in [1.29, 1.82) is 0 Å². The van der Waals surface area contributed by atoms with E-state index in [0.29, 0.717) is 17.2 Å². The molecule has 0 aromatic heterocycles. The Morgan fingerprint density at radius 3 is 2.58 bits per heavy atom. The Labute approximate surface area is 202 Å². The van der Waals surface area contributed by atoms with Crippen LogP contribution in [-0.2, 0) is 4.79 Å². The molecule has 0 bridgehead atoms. The van der Waals surface area contributed by atoms with Gasteiger partial charge in [-0.05, 0) is 37.3 Å². The van der Waals surface area contributed by atoms with Crippen LogP contribution in [0, 0.1) is 5.41 Å². The number of hydrogen-bond acceptors (Lipinski definition) is 6. The minimum absolute atomic E-state index is 0.256. The summed E-state index contributed by atoms with van der Waals surface area (Å²) < 4.78 is 28.6. The number of thioether (sulfide) groups is 1. The molecule has 6 nitrogen and oxygen atoms in total. The van der Waals surface area contributed by atoms with Gasteiger partial charge in [-0.2, -0.15) is 10.6 Å². The average Bonchev–Trinajstić information content (AvgIpc) is 2.90. The van der Waals surface area contributed by atoms with Crippen molar-refractivity contribution >= 4 is 39.7 Å². The molecule has 3 rings (SSSR count). The zero-order valence-corrected chi connectivity index (χ0v) is 21.0. The van der Waals surface area contributed by atoms with E-state index in [9.17, 15) is 13.9 Å². The first-order valence-electron chi connectivity index (χ1n) is 11.1. The Bertz CT molecular complexity index is 996. The van der Waals surface area contributed by atoms with Crippen molar-refractivity contribution in [3.63, 3.8) is 0 Å². The molecular formula is C25H33NO5S2. The van der Waals surface area contributed by atoms with Gasteiger partial charge in [-0.3, -0.25) is 9.11 Å². The Balaban J connectivity index is 2.20. The molecule has 0 radical (unpaired) electrons. The van der Waals surface area contributed by atoms with Crippen LogP contribution in [0.4, 0.5) is 11.4 Å². The lowest BCUT2D eigenvalue weighted by atomic mass is 9.81. The molecule has 8 heteroatoms. The molecule has 180 valence electrons. The summed E-state index contributed by atoms with van der Waals surface area (Å²) in [6.07, 6.45) is 7.74. The number of carbonyl (C=O) groups is 1. The number of ether oxygens (including phenoxy) is 1. The molecule has 0 fully saturated rings. The number of hydrogen-bond donors (Lipinski definition) is 3. The first-order chi connectivity index (χ1) is 15.7. The molecule has 0 saturated heterocycles. The molecule has 1 aliphatic heterocycles. The highest BCUT2D eigenvalue weighted by Gasteiger charge is 2.42. The summed E-state index contributed by atoms with van der Waals surface area (Å²) >= 11 is 1.46. The smallest absolute Gasteiger partial charge is 0.331 e. The molecule has 2 aromatic carbocycles. The normalized spacial score (nSPS) is 20.8. The summed E-state index contributed by atoms with van der Waals surface area (Å²) in [5.74, 6) is -0.418. The lowest BCUT2D eigenvalue weighted by molar-refractivity contribution is -0.131. The molecule has 1 aliphatic rings. The van der Waals surface area contributed by atoms with Gasteiger partial charge < -0.3 is 14.7 Å². The van der Waals surface area contributed by atoms with Gasteiger partial charge in [0, 0.05) is 29.5 Å². The first-order valence-corrected chi connectivity index (χ1v) is 14.1. The standard InChI is InChI=1S/C25H33NO5S2/c1-4-6-13-25(5-2)17-26(19-10-8-7-9-11-19)20-15-22(32-3)21(31-14-12-24(27)28)16-23(20)33(29,30)18-25/h7-12,14-16,29-30H,4-6,13,17-18H2,1-3H3,(H,27,28)/b14-12+. The van der Waals surface area contributed by atoms with Gasteiger partial charge in [0.25, 0.3) is 0 Å². The van der Waals surface area contributed by atoms with Crippen LogP contribution in [0.5, 0.6) is 5.75 Å². The van der Waals surface area contributed by atoms with Gasteiger partial charge in [-0.25, -0.2) is 4.79 Å². The summed E-state index contributed by atoms with van der Waals surface area (Å²) in [4.78, 5) is 14.3. The maximum Gasteiger partial charge on any atom is 0.331 e. The van der Waals surface area contributed by atoms with Crippen molar-refractivity contribution in [3.05, 3.63) is 54.8 Å². The number of unbranched alkanes of at least 4 members (excludes halogenated alkanes) is 1. The maximum absolute atomic E-state index is 11.5. The molecule has 0 aliphatic carbocycles. The Hall–Kier alpha value is -2.13. The van der Waals surface area contributed by atoms with Gasteiger partial charge in [0.2, 0.25) is 0 Å². The predicted molar refractivity (Wildman–Crippen MR) is 137 cm³/mol. The SMILES string of the molecule is CCCCC1(CC)CN(c2ccccc2)c2cc(SC)c(O/C=C/C(=O)O)cc2S(O)(O)C1. The molecule has 2 aromatic rings. The summed E-state index contributed by atoms with van der Waals surface area (Å²) in [7, 11) is -3.13. The van der Waals surface area contributed by atoms with E-state index in [1.807, 2.05) is 42.7 Å². The molecule has 33 heavy (non-hydrogen) atoms. The van der Waals surface area contributed by atoms with Crippen LogP contribution in [0.15, 0.2) is 64.6 Å². The van der Waals surface area contributed by atoms with Gasteiger partial charge in [0.05, 0.1) is 27.8 Å². The fraction of sp³-hybridized carbons (Fsp3) is 0.400. The molecule has 1 heterocycles. The van der Waals surface area contributed by atoms with Crippen LogP contribution in [0.3, 0.4) is 0 Å². The minimum atomic E-state index is -3.13. The van der Waals surface area contributed by atoms with Crippen LogP contribution < -0.4 is 9.64 Å². The second-order valence-electron chi connectivity index (χ2n) is 8.42. The van der Waals surface area contributed by atoms with E-state index in [1.54, 1.807) is 6.07 Å². The second-order valence-corrected chi connectivity index (χ2v) is 11.3. The van der Waals surface area contributed by atoms with E-state index in [2.05, 4.69) is 18.7 Å². The van der Waals surface area contributed by atoms with E-state index < -0.39 is 16.6 Å². The quantitative estimate of drug-likeness (QED) is 0.194. The molecule has 0 amide bonds. The lowest BCUT2D eigenvalue weighted by Crippen LogP contribution is -2.37. The number of para-hydroxylation sites is 1. The molecule has 0 saturated carbocycles. The van der Waals surface area contributed by atoms with Gasteiger partial charge in [-0.15, -0.1) is 11.8 Å². The van der Waals surface area contributed by atoms with E-state index in [0.717, 1.165) is 54.3 Å². The summed E-state index contributed by atoms with van der Waals surface area (Å²) in [6.45, 7) is 4.97. The third kappa shape index (κ3) is 5.87. The number of anilines is 2. The van der Waals surface area contributed by atoms with Crippen molar-refractivity contribution in [3.8, 4) is 5.75 Å². The van der Waals surface area contributed by atoms with Gasteiger partial charge in [-0.1, -0.05) is 44.9 Å². The topological polar surface area (TPSA) is 90.2 Å². The molecule has 1 unspecified atom stereocenters. The molecule has 0 spiro atoms. The van der Waals surface area contributed by atoms with Crippen LogP contribution in [0.25, 0.3) is 0 Å². The van der Waals surface area contributed by atoms with Gasteiger partial charge in [0.1, 0.15) is 5.75 Å². The monoisotopic (exact) mass is 491 g/mol. The van der Waals surface area contributed by atoms with Gasteiger partial charge in [0.15, 0.2) is 0 Å². The number of nitrogens with zero attached hydrogens (tertiary/aromatic N) is 1. The number of aliphatic carboxylic acids is 1. The zero-order valence-electron chi connectivity index (χ0n) is 19.4. The second kappa shape index (κ2) is 10.9. The fourth-order valence-electron chi connectivity index (χ4n) is 4.32. The lowest BCUT2D eigenvalue weighted by Gasteiger charge is -2.41. The summed E-state index contributed by atoms with van der Waals surface area (Å²) in [5.41, 5.74) is 1.50. The van der Waals surface area contributed by atoms with Gasteiger partial charge >= 0.3 is 5.97 Å². The van der Waals surface area contributed by atoms with Crippen molar-refractivity contribution in [2.45, 2.75) is 49.3 Å². The Morgan fingerprint density at radius 1 is 1.24 bits per heavy atom. The fourth-order valence-corrected chi connectivity index (χ4v) is 7.11. The van der Waals surface area contributed by atoms with Crippen molar-refractivity contribution in [1.82, 2.24) is 0 Å². The summed E-state index contributed by atoms with van der Waals surface area (Å²) in [6, 6.07) is 13.6. The van der Waals surface area contributed by atoms with Crippen LogP contribution in [-0.4, -0.2) is 38.7 Å². The number of carboxylic acid groups (broad SMARTS) is 1. The van der Waals surface area contributed by atoms with E-state index in [1.165, 1.54) is 11.8 Å². The van der Waals surface area contributed by atoms with Crippen molar-refractivity contribution in [2.75, 3.05) is 23.5 Å². The molecule has 1 atom stereocenters. The van der Waals surface area contributed by atoms with Crippen molar-refractivity contribution < 1.29 is 23.7 Å². The maximum atomic E-state index is 11.5. The van der Waals surface area contributed by atoms with Crippen LogP contribution in [0.1, 0.15) is 39.5 Å². The number of benzene rings is 2. The first kappa shape index (κ1) is 25.5.